The van der Waals surface area contributed by atoms with Crippen LogP contribution in [0.25, 0.3) is 0 Å². The summed E-state index contributed by atoms with van der Waals surface area (Å²) in [6, 6.07) is 0. The Bertz CT molecular complexity index is 356. The van der Waals surface area contributed by atoms with E-state index in [0.717, 1.165) is 4.90 Å². The zero-order valence-electron chi connectivity index (χ0n) is 9.50. The second-order valence-corrected chi connectivity index (χ2v) is 4.93. The number of rotatable bonds is 3. The molecule has 1 heterocycles. The third kappa shape index (κ3) is 1.93. The summed E-state index contributed by atoms with van der Waals surface area (Å²) in [6.07, 6.45) is -0.344. The molecule has 0 bridgehead atoms. The summed E-state index contributed by atoms with van der Waals surface area (Å²) < 4.78 is 0. The molecule has 2 amide bonds. The van der Waals surface area contributed by atoms with Gasteiger partial charge in [0.15, 0.2) is 6.10 Å². The number of fused-ring (bicyclic) bond motifs is 1. The van der Waals surface area contributed by atoms with E-state index in [-0.39, 0.29) is 23.7 Å². The normalized spacial score (nSPS) is 34.0. The van der Waals surface area contributed by atoms with Crippen LogP contribution in [0.15, 0.2) is 0 Å². The highest BCUT2D eigenvalue weighted by atomic mass is 16.4. The topological polar surface area (TPSA) is 94.9 Å². The Balaban J connectivity index is 2.09. The van der Waals surface area contributed by atoms with Gasteiger partial charge < -0.3 is 10.2 Å². The van der Waals surface area contributed by atoms with Gasteiger partial charge in [0.25, 0.3) is 0 Å². The molecule has 0 aromatic heterocycles. The third-order valence-corrected chi connectivity index (χ3v) is 3.61. The zero-order chi connectivity index (χ0) is 12.7. The van der Waals surface area contributed by atoms with E-state index in [9.17, 15) is 19.5 Å². The predicted octanol–water partition coefficient (Wildman–Crippen LogP) is -0.537. The smallest absolute Gasteiger partial charge is 0.334 e. The molecule has 6 heteroatoms. The molecule has 0 radical (unpaired) electrons. The van der Waals surface area contributed by atoms with Crippen molar-refractivity contribution in [3.63, 3.8) is 0 Å². The first kappa shape index (κ1) is 12.0. The number of carbonyl (C=O) groups excluding carboxylic acids is 2. The second kappa shape index (κ2) is 4.10. The summed E-state index contributed by atoms with van der Waals surface area (Å²) in [7, 11) is 0. The minimum absolute atomic E-state index is 0.307. The van der Waals surface area contributed by atoms with Crippen LogP contribution in [0.5, 0.6) is 0 Å². The van der Waals surface area contributed by atoms with Crippen LogP contribution in [0.2, 0.25) is 0 Å². The van der Waals surface area contributed by atoms with Crippen LogP contribution in [-0.4, -0.2) is 45.5 Å². The van der Waals surface area contributed by atoms with Crippen molar-refractivity contribution in [3.8, 4) is 0 Å². The van der Waals surface area contributed by atoms with Crippen LogP contribution in [0.3, 0.4) is 0 Å². The lowest BCUT2D eigenvalue weighted by molar-refractivity contribution is -0.151. The molecular weight excluding hydrogens is 226 g/mol. The standard InChI is InChI=1S/C11H15NO5/c1-5-2-6-7(3-5)10(15)12(9(6)14)4-8(13)11(16)17/h5-8,13H,2-4H2,1H3,(H,16,17). The number of aliphatic hydroxyl groups is 1. The van der Waals surface area contributed by atoms with Crippen molar-refractivity contribution in [2.24, 2.45) is 17.8 Å². The lowest BCUT2D eigenvalue weighted by Gasteiger charge is -2.18. The van der Waals surface area contributed by atoms with E-state index in [4.69, 9.17) is 5.11 Å². The van der Waals surface area contributed by atoms with Gasteiger partial charge in [-0.2, -0.15) is 0 Å². The molecule has 6 nitrogen and oxygen atoms in total. The maximum Gasteiger partial charge on any atom is 0.334 e. The van der Waals surface area contributed by atoms with Crippen molar-refractivity contribution in [1.82, 2.24) is 4.90 Å². The lowest BCUT2D eigenvalue weighted by Crippen LogP contribution is -2.41. The van der Waals surface area contributed by atoms with Crippen LogP contribution >= 0.6 is 0 Å². The maximum absolute atomic E-state index is 11.9. The molecule has 1 aliphatic carbocycles. The van der Waals surface area contributed by atoms with Gasteiger partial charge in [0.1, 0.15) is 0 Å². The minimum Gasteiger partial charge on any atom is -0.479 e. The molecule has 0 spiro atoms. The number of nitrogens with zero attached hydrogens (tertiary/aromatic N) is 1. The van der Waals surface area contributed by atoms with E-state index >= 15 is 0 Å². The van der Waals surface area contributed by atoms with Gasteiger partial charge in [-0.1, -0.05) is 6.92 Å². The number of aliphatic carboxylic acids is 1. The van der Waals surface area contributed by atoms with Crippen LogP contribution in [0, 0.1) is 17.8 Å². The van der Waals surface area contributed by atoms with Gasteiger partial charge in [0.2, 0.25) is 11.8 Å². The van der Waals surface area contributed by atoms with Gasteiger partial charge >= 0.3 is 5.97 Å². The average Bonchev–Trinajstić information content (AvgIpc) is 2.73. The van der Waals surface area contributed by atoms with Crippen LogP contribution in [0.4, 0.5) is 0 Å². The van der Waals surface area contributed by atoms with Crippen molar-refractivity contribution in [3.05, 3.63) is 0 Å². The summed E-state index contributed by atoms with van der Waals surface area (Å²) in [5, 5.41) is 17.8. The predicted molar refractivity (Wildman–Crippen MR) is 55.7 cm³/mol. The molecule has 1 saturated heterocycles. The molecule has 0 aromatic carbocycles. The first-order valence-corrected chi connectivity index (χ1v) is 5.68. The van der Waals surface area contributed by atoms with Crippen molar-refractivity contribution in [2.75, 3.05) is 6.54 Å². The number of aliphatic hydroxyl groups excluding tert-OH is 1. The highest BCUT2D eigenvalue weighted by Gasteiger charge is 2.52. The molecule has 94 valence electrons. The summed E-state index contributed by atoms with van der Waals surface area (Å²) in [4.78, 5) is 35.2. The number of carboxylic acids is 1. The van der Waals surface area contributed by atoms with Crippen LogP contribution in [0.1, 0.15) is 19.8 Å². The van der Waals surface area contributed by atoms with Gasteiger partial charge in [0, 0.05) is 0 Å². The van der Waals surface area contributed by atoms with E-state index in [1.807, 2.05) is 6.92 Å². The largest absolute Gasteiger partial charge is 0.479 e. The number of imide groups is 1. The summed E-state index contributed by atoms with van der Waals surface area (Å²) in [6.45, 7) is 1.56. The lowest BCUT2D eigenvalue weighted by atomic mass is 10.00. The van der Waals surface area contributed by atoms with E-state index in [1.54, 1.807) is 0 Å². The van der Waals surface area contributed by atoms with Crippen LogP contribution < -0.4 is 0 Å². The first-order chi connectivity index (χ1) is 7.91. The second-order valence-electron chi connectivity index (χ2n) is 4.93. The monoisotopic (exact) mass is 241 g/mol. The van der Waals surface area contributed by atoms with Crippen molar-refractivity contribution < 1.29 is 24.6 Å². The SMILES string of the molecule is CC1CC2C(=O)N(CC(O)C(=O)O)C(=O)C2C1. The van der Waals surface area contributed by atoms with E-state index in [0.29, 0.717) is 18.8 Å². The van der Waals surface area contributed by atoms with Gasteiger partial charge in [0.05, 0.1) is 18.4 Å². The van der Waals surface area contributed by atoms with Crippen molar-refractivity contribution in [1.29, 1.82) is 0 Å². The molecule has 2 aliphatic rings. The number of β-amino-alcohol motifs (C(OH)–C–C–N with tert-alkyl or cyclic N) is 1. The Morgan fingerprint density at radius 3 is 2.24 bits per heavy atom. The summed E-state index contributed by atoms with van der Waals surface area (Å²) in [5.41, 5.74) is 0. The molecular formula is C11H15NO5. The number of carboxylic acid groups (broad SMARTS) is 1. The number of hydrogen-bond acceptors (Lipinski definition) is 4. The van der Waals surface area contributed by atoms with E-state index in [2.05, 4.69) is 0 Å². The molecule has 3 unspecified atom stereocenters. The minimum atomic E-state index is -1.70. The maximum atomic E-state index is 11.9. The van der Waals surface area contributed by atoms with Gasteiger partial charge in [-0.05, 0) is 18.8 Å². The molecule has 3 atom stereocenters. The number of hydrogen-bond donors (Lipinski definition) is 2. The fourth-order valence-electron chi connectivity index (χ4n) is 2.78. The Labute approximate surface area is 98.2 Å². The molecule has 1 aliphatic heterocycles. The average molecular weight is 241 g/mol. The first-order valence-electron chi connectivity index (χ1n) is 5.68. The molecule has 17 heavy (non-hydrogen) atoms. The van der Waals surface area contributed by atoms with Crippen molar-refractivity contribution in [2.45, 2.75) is 25.9 Å². The molecule has 2 N–H and O–H groups in total. The molecule has 2 fully saturated rings. The zero-order valence-corrected chi connectivity index (χ0v) is 9.50. The van der Waals surface area contributed by atoms with E-state index in [1.165, 1.54) is 0 Å². The molecule has 1 saturated carbocycles. The number of likely N-dealkylation sites (tertiary alicyclic amines) is 1. The number of carbonyl (C=O) groups is 3. The van der Waals surface area contributed by atoms with Crippen LogP contribution in [-0.2, 0) is 14.4 Å². The van der Waals surface area contributed by atoms with Gasteiger partial charge in [-0.15, -0.1) is 0 Å². The van der Waals surface area contributed by atoms with Crippen molar-refractivity contribution >= 4 is 17.8 Å². The Morgan fingerprint density at radius 2 is 1.82 bits per heavy atom. The quantitative estimate of drug-likeness (QED) is 0.647. The molecule has 2 rings (SSSR count). The fraction of sp³-hybridized carbons (Fsp3) is 0.727. The summed E-state index contributed by atoms with van der Waals surface area (Å²) >= 11 is 0. The highest BCUT2D eigenvalue weighted by molar-refractivity contribution is 6.05. The fourth-order valence-corrected chi connectivity index (χ4v) is 2.78. The van der Waals surface area contributed by atoms with Gasteiger partial charge in [-0.3, -0.25) is 14.5 Å². The number of amides is 2. The third-order valence-electron chi connectivity index (χ3n) is 3.61. The Kier molecular flexibility index (Phi) is 2.91. The Hall–Kier alpha value is -1.43. The highest BCUT2D eigenvalue weighted by Crippen LogP contribution is 2.42. The Morgan fingerprint density at radius 1 is 1.35 bits per heavy atom. The van der Waals surface area contributed by atoms with E-state index < -0.39 is 18.6 Å². The summed E-state index contributed by atoms with van der Waals surface area (Å²) in [5.74, 6) is -2.34. The van der Waals surface area contributed by atoms with Gasteiger partial charge in [-0.25, -0.2) is 4.79 Å². The molecule has 0 aromatic rings.